The smallest absolute Gasteiger partial charge is 0.249 e. The molecule has 0 spiro atoms. The molecule has 4 atom stereocenters. The van der Waals surface area contributed by atoms with Gasteiger partial charge in [0.2, 0.25) is 11.8 Å². The number of hydrogen-bond acceptors (Lipinski definition) is 5. The Morgan fingerprint density at radius 3 is 2.35 bits per heavy atom. The van der Waals surface area contributed by atoms with E-state index in [-0.39, 0.29) is 30.5 Å². The number of hydrogen-bond donors (Lipinski definition) is 0. The van der Waals surface area contributed by atoms with Crippen molar-refractivity contribution in [3.63, 3.8) is 0 Å². The number of nitrogens with zero attached hydrogens (tertiary/aromatic N) is 2. The number of amides is 2. The number of carbonyl (C=O) groups is 2. The maximum Gasteiger partial charge on any atom is 0.249 e. The molecule has 2 heterocycles. The van der Waals surface area contributed by atoms with Crippen LogP contribution >= 0.6 is 0 Å². The summed E-state index contributed by atoms with van der Waals surface area (Å²) in [5, 5.41) is 0. The van der Waals surface area contributed by atoms with Crippen LogP contribution in [0, 0.1) is 0 Å². The summed E-state index contributed by atoms with van der Waals surface area (Å²) in [6.45, 7) is 3.80. The molecule has 6 heteroatoms. The van der Waals surface area contributed by atoms with E-state index < -0.39 is 12.3 Å². The second-order valence-corrected chi connectivity index (χ2v) is 5.70. The van der Waals surface area contributed by atoms with Crippen LogP contribution in [0.1, 0.15) is 11.6 Å². The van der Waals surface area contributed by atoms with E-state index in [0.29, 0.717) is 0 Å². The lowest BCUT2D eigenvalue weighted by atomic mass is 10.1. The highest BCUT2D eigenvalue weighted by Gasteiger charge is 2.65. The van der Waals surface area contributed by atoms with Gasteiger partial charge in [-0.2, -0.15) is 0 Å². The number of likely N-dealkylation sites (N-methyl/N-ethyl adjacent to an activating group) is 1. The molecule has 23 heavy (non-hydrogen) atoms. The van der Waals surface area contributed by atoms with Crippen molar-refractivity contribution >= 4 is 11.8 Å². The number of rotatable bonds is 7. The van der Waals surface area contributed by atoms with Gasteiger partial charge >= 0.3 is 0 Å². The molecule has 0 aromatic heterocycles. The number of benzene rings is 1. The molecule has 0 aliphatic carbocycles. The molecule has 0 radical (unpaired) electrons. The molecule has 2 aliphatic heterocycles. The zero-order valence-corrected chi connectivity index (χ0v) is 13.2. The summed E-state index contributed by atoms with van der Waals surface area (Å²) in [7, 11) is 3.30. The van der Waals surface area contributed by atoms with Gasteiger partial charge in [0, 0.05) is 7.11 Å². The van der Waals surface area contributed by atoms with Gasteiger partial charge in [-0.05, 0) is 18.7 Å². The summed E-state index contributed by atoms with van der Waals surface area (Å²) in [5.41, 5.74) is 0.858. The lowest BCUT2D eigenvalue weighted by Crippen LogP contribution is -2.42. The maximum atomic E-state index is 12.5. The third kappa shape index (κ3) is 2.69. The highest BCUT2D eigenvalue weighted by Crippen LogP contribution is 2.40. The molecule has 2 aliphatic rings. The first-order valence-corrected chi connectivity index (χ1v) is 7.51. The molecule has 0 N–H and O–H groups in total. The minimum atomic E-state index is -0.578. The Kier molecular flexibility index (Phi) is 4.30. The first kappa shape index (κ1) is 15.9. The van der Waals surface area contributed by atoms with E-state index in [0.717, 1.165) is 5.56 Å². The predicted octanol–water partition coefficient (Wildman–Crippen LogP) is 0.954. The molecule has 2 amide bonds. The van der Waals surface area contributed by atoms with Crippen LogP contribution in [0.4, 0.5) is 0 Å². The average Bonchev–Trinajstić information content (AvgIpc) is 3.17. The Labute approximate surface area is 135 Å². The minimum Gasteiger partial charge on any atom is -0.352 e. The van der Waals surface area contributed by atoms with Crippen molar-refractivity contribution in [1.29, 1.82) is 0 Å². The lowest BCUT2D eigenvalue weighted by Gasteiger charge is -2.29. The summed E-state index contributed by atoms with van der Waals surface area (Å²) < 4.78 is 10.8. The van der Waals surface area contributed by atoms with E-state index in [1.54, 1.807) is 11.9 Å². The quantitative estimate of drug-likeness (QED) is 0.324. The molecule has 3 rings (SSSR count). The first-order chi connectivity index (χ1) is 11.1. The van der Waals surface area contributed by atoms with Gasteiger partial charge in [-0.1, -0.05) is 36.9 Å². The van der Waals surface area contributed by atoms with E-state index in [1.165, 1.54) is 18.1 Å². The van der Waals surface area contributed by atoms with E-state index in [2.05, 4.69) is 6.58 Å². The standard InChI is InChI=1S/C17H20N2O4/c1-4-13(22-3)23-10-12(11-8-6-5-7-9-11)19-16(20)14-15(17(19)21)18(14)2/h4-9,12-15H,1,10H2,2-3H3/t12-,13?,14?,15?,18?/m0/s1. The number of methoxy groups -OCH3 is 1. The Hall–Kier alpha value is -2.02. The van der Waals surface area contributed by atoms with E-state index in [9.17, 15) is 9.59 Å². The van der Waals surface area contributed by atoms with Crippen LogP contribution in [0.2, 0.25) is 0 Å². The summed E-state index contributed by atoms with van der Waals surface area (Å²) in [6.07, 6.45) is 0.951. The monoisotopic (exact) mass is 316 g/mol. The fraction of sp³-hybridized carbons (Fsp3) is 0.412. The highest BCUT2D eigenvalue weighted by molar-refractivity contribution is 6.13. The lowest BCUT2D eigenvalue weighted by molar-refractivity contribution is -0.151. The van der Waals surface area contributed by atoms with Gasteiger partial charge in [0.15, 0.2) is 6.29 Å². The average molecular weight is 316 g/mol. The van der Waals surface area contributed by atoms with Crippen molar-refractivity contribution < 1.29 is 19.1 Å². The molecule has 1 aromatic carbocycles. The number of imide groups is 1. The van der Waals surface area contributed by atoms with Crippen LogP contribution in [0.3, 0.4) is 0 Å². The third-order valence-corrected chi connectivity index (χ3v) is 4.41. The number of piperazine rings is 1. The van der Waals surface area contributed by atoms with Gasteiger partial charge in [-0.15, -0.1) is 0 Å². The molecular formula is C17H20N2O4. The Morgan fingerprint density at radius 1 is 1.22 bits per heavy atom. The molecule has 2 saturated heterocycles. The summed E-state index contributed by atoms with van der Waals surface area (Å²) in [4.78, 5) is 28.2. The van der Waals surface area contributed by atoms with Crippen molar-refractivity contribution in [3.8, 4) is 0 Å². The number of carbonyl (C=O) groups excluding carboxylic acids is 2. The Bertz CT molecular complexity index is 596. The van der Waals surface area contributed by atoms with Crippen LogP contribution < -0.4 is 0 Å². The van der Waals surface area contributed by atoms with Gasteiger partial charge in [-0.3, -0.25) is 19.4 Å². The van der Waals surface area contributed by atoms with Crippen molar-refractivity contribution in [2.24, 2.45) is 0 Å². The number of ether oxygens (including phenoxy) is 2. The Balaban J connectivity index is 1.83. The van der Waals surface area contributed by atoms with Gasteiger partial charge in [0.25, 0.3) is 0 Å². The Morgan fingerprint density at radius 2 is 1.83 bits per heavy atom. The zero-order chi connectivity index (χ0) is 16.6. The molecule has 1 aromatic rings. The SMILES string of the molecule is C=CC(OC)OC[C@@H](c1ccccc1)N1C(=O)C2C(C1=O)N2C. The van der Waals surface area contributed by atoms with Crippen molar-refractivity contribution in [2.45, 2.75) is 24.4 Å². The molecule has 0 bridgehead atoms. The molecule has 122 valence electrons. The second-order valence-electron chi connectivity index (χ2n) is 5.70. The molecule has 3 unspecified atom stereocenters. The third-order valence-electron chi connectivity index (χ3n) is 4.41. The van der Waals surface area contributed by atoms with Gasteiger partial charge in [0.05, 0.1) is 12.6 Å². The van der Waals surface area contributed by atoms with Crippen LogP contribution in [0.25, 0.3) is 0 Å². The minimum absolute atomic E-state index is 0.160. The van der Waals surface area contributed by atoms with Crippen LogP contribution in [-0.2, 0) is 19.1 Å². The highest BCUT2D eigenvalue weighted by atomic mass is 16.7. The largest absolute Gasteiger partial charge is 0.352 e. The fourth-order valence-electron chi connectivity index (χ4n) is 3.07. The van der Waals surface area contributed by atoms with Gasteiger partial charge in [-0.25, -0.2) is 0 Å². The zero-order valence-electron chi connectivity index (χ0n) is 13.2. The molecule has 2 fully saturated rings. The predicted molar refractivity (Wildman–Crippen MR) is 83.3 cm³/mol. The summed E-state index contributed by atoms with van der Waals surface area (Å²) in [6, 6.07) is 8.33. The van der Waals surface area contributed by atoms with Gasteiger partial charge < -0.3 is 9.47 Å². The first-order valence-electron chi connectivity index (χ1n) is 7.51. The number of likely N-dealkylation sites (tertiary alicyclic amines) is 1. The van der Waals surface area contributed by atoms with Gasteiger partial charge in [0.1, 0.15) is 12.1 Å². The van der Waals surface area contributed by atoms with Crippen molar-refractivity contribution in [2.75, 3.05) is 20.8 Å². The number of fused-ring (bicyclic) bond motifs is 1. The second kappa shape index (κ2) is 6.23. The molecule has 0 saturated carbocycles. The molecule has 6 nitrogen and oxygen atoms in total. The normalized spacial score (nSPS) is 28.4. The fourth-order valence-corrected chi connectivity index (χ4v) is 3.07. The summed E-state index contributed by atoms with van der Waals surface area (Å²) in [5.74, 6) is -0.319. The van der Waals surface area contributed by atoms with E-state index in [1.807, 2.05) is 30.3 Å². The van der Waals surface area contributed by atoms with Crippen LogP contribution in [0.15, 0.2) is 43.0 Å². The van der Waals surface area contributed by atoms with E-state index in [4.69, 9.17) is 9.47 Å². The molecular weight excluding hydrogens is 296 g/mol. The topological polar surface area (TPSA) is 58.9 Å². The van der Waals surface area contributed by atoms with Crippen molar-refractivity contribution in [3.05, 3.63) is 48.6 Å². The van der Waals surface area contributed by atoms with E-state index >= 15 is 0 Å². The summed E-state index contributed by atoms with van der Waals surface area (Å²) >= 11 is 0. The van der Waals surface area contributed by atoms with Crippen LogP contribution in [0.5, 0.6) is 0 Å². The maximum absolute atomic E-state index is 12.5. The van der Waals surface area contributed by atoms with Crippen molar-refractivity contribution in [1.82, 2.24) is 9.80 Å². The van der Waals surface area contributed by atoms with Crippen LogP contribution in [-0.4, -0.2) is 60.8 Å².